The third-order valence-electron chi connectivity index (χ3n) is 3.67. The van der Waals surface area contributed by atoms with Crippen LogP contribution < -0.4 is 15.4 Å². The maximum absolute atomic E-state index is 12.6. The SMILES string of the molecule is CC(C)OCCCNC(=O)COc1ccc(Cl)cc1C(=O)Nc1ccccc1. The molecule has 0 bridgehead atoms. The molecule has 7 heteroatoms. The largest absolute Gasteiger partial charge is 0.483 e. The van der Waals surface area contributed by atoms with Crippen LogP contribution in [0.1, 0.15) is 30.6 Å². The average molecular weight is 405 g/mol. The van der Waals surface area contributed by atoms with Crippen molar-refractivity contribution >= 4 is 29.1 Å². The monoisotopic (exact) mass is 404 g/mol. The van der Waals surface area contributed by atoms with E-state index in [0.717, 1.165) is 6.42 Å². The van der Waals surface area contributed by atoms with Gasteiger partial charge in [0.05, 0.1) is 11.7 Å². The Morgan fingerprint density at radius 3 is 2.57 bits per heavy atom. The molecule has 2 amide bonds. The summed E-state index contributed by atoms with van der Waals surface area (Å²) in [6.45, 7) is 4.81. The molecule has 0 spiro atoms. The van der Waals surface area contributed by atoms with Crippen molar-refractivity contribution < 1.29 is 19.1 Å². The minimum Gasteiger partial charge on any atom is -0.483 e. The van der Waals surface area contributed by atoms with Gasteiger partial charge in [0, 0.05) is 23.9 Å². The molecule has 0 unspecified atom stereocenters. The Morgan fingerprint density at radius 1 is 1.11 bits per heavy atom. The summed E-state index contributed by atoms with van der Waals surface area (Å²) in [5.41, 5.74) is 0.911. The van der Waals surface area contributed by atoms with Crippen LogP contribution in [0.2, 0.25) is 5.02 Å². The van der Waals surface area contributed by atoms with Gasteiger partial charge in [-0.3, -0.25) is 9.59 Å². The lowest BCUT2D eigenvalue weighted by atomic mass is 10.2. The molecule has 6 nitrogen and oxygen atoms in total. The van der Waals surface area contributed by atoms with Crippen LogP contribution in [0.5, 0.6) is 5.75 Å². The molecular weight excluding hydrogens is 380 g/mol. The van der Waals surface area contributed by atoms with Crippen LogP contribution in [-0.2, 0) is 9.53 Å². The number of amides is 2. The van der Waals surface area contributed by atoms with Gasteiger partial charge in [0.15, 0.2) is 6.61 Å². The molecule has 0 atom stereocenters. The predicted octanol–water partition coefficient (Wildman–Crippen LogP) is 3.90. The number of nitrogens with one attached hydrogen (secondary N) is 2. The number of rotatable bonds is 10. The second-order valence-corrected chi connectivity index (χ2v) is 6.81. The predicted molar refractivity (Wildman–Crippen MR) is 110 cm³/mol. The Balaban J connectivity index is 1.89. The van der Waals surface area contributed by atoms with Gasteiger partial charge in [0.1, 0.15) is 5.75 Å². The zero-order chi connectivity index (χ0) is 20.4. The summed E-state index contributed by atoms with van der Waals surface area (Å²) in [4.78, 5) is 24.5. The second-order valence-electron chi connectivity index (χ2n) is 6.37. The van der Waals surface area contributed by atoms with Gasteiger partial charge in [-0.15, -0.1) is 0 Å². The first-order valence-corrected chi connectivity index (χ1v) is 9.50. The van der Waals surface area contributed by atoms with E-state index in [0.29, 0.717) is 23.9 Å². The summed E-state index contributed by atoms with van der Waals surface area (Å²) in [5.74, 6) is -0.347. The van der Waals surface area contributed by atoms with Crippen molar-refractivity contribution in [1.82, 2.24) is 5.32 Å². The van der Waals surface area contributed by atoms with Gasteiger partial charge >= 0.3 is 0 Å². The van der Waals surface area contributed by atoms with Crippen LogP contribution in [0, 0.1) is 0 Å². The van der Waals surface area contributed by atoms with E-state index in [9.17, 15) is 9.59 Å². The van der Waals surface area contributed by atoms with Gasteiger partial charge in [0.2, 0.25) is 0 Å². The van der Waals surface area contributed by atoms with Gasteiger partial charge in [0.25, 0.3) is 11.8 Å². The molecular formula is C21H25ClN2O4. The highest BCUT2D eigenvalue weighted by atomic mass is 35.5. The van der Waals surface area contributed by atoms with E-state index >= 15 is 0 Å². The standard InChI is InChI=1S/C21H25ClN2O4/c1-15(2)27-12-6-11-23-20(25)14-28-19-10-9-16(22)13-18(19)21(26)24-17-7-4-3-5-8-17/h3-5,7-10,13,15H,6,11-12,14H2,1-2H3,(H,23,25)(H,24,26). The third kappa shape index (κ3) is 7.58. The minimum absolute atomic E-state index is 0.171. The Hall–Kier alpha value is -2.57. The molecule has 2 aromatic carbocycles. The molecule has 0 aliphatic carbocycles. The van der Waals surface area contributed by atoms with E-state index in [2.05, 4.69) is 10.6 Å². The van der Waals surface area contributed by atoms with Crippen molar-refractivity contribution in [3.8, 4) is 5.75 Å². The number of benzene rings is 2. The summed E-state index contributed by atoms with van der Waals surface area (Å²) in [6.07, 6.45) is 0.889. The number of halogens is 1. The van der Waals surface area contributed by atoms with Crippen molar-refractivity contribution in [2.75, 3.05) is 25.1 Å². The van der Waals surface area contributed by atoms with E-state index in [1.165, 1.54) is 6.07 Å². The zero-order valence-electron chi connectivity index (χ0n) is 16.0. The Labute approximate surface area is 170 Å². The van der Waals surface area contributed by atoms with Gasteiger partial charge in [-0.1, -0.05) is 29.8 Å². The summed E-state index contributed by atoms with van der Waals surface area (Å²) in [5, 5.41) is 5.94. The second kappa shape index (κ2) is 11.3. The normalized spacial score (nSPS) is 10.6. The lowest BCUT2D eigenvalue weighted by molar-refractivity contribution is -0.123. The van der Waals surface area contributed by atoms with Gasteiger partial charge in [-0.25, -0.2) is 0 Å². The average Bonchev–Trinajstić information content (AvgIpc) is 2.67. The van der Waals surface area contributed by atoms with E-state index < -0.39 is 0 Å². The number of carbonyl (C=O) groups is 2. The van der Waals surface area contributed by atoms with E-state index in [1.54, 1.807) is 24.3 Å². The van der Waals surface area contributed by atoms with Crippen LogP contribution in [0.4, 0.5) is 5.69 Å². The van der Waals surface area contributed by atoms with E-state index in [1.807, 2.05) is 32.0 Å². The van der Waals surface area contributed by atoms with Crippen LogP contribution in [-0.4, -0.2) is 37.7 Å². The minimum atomic E-state index is -0.366. The summed E-state index contributed by atoms with van der Waals surface area (Å²) >= 11 is 6.02. The molecule has 0 radical (unpaired) electrons. The van der Waals surface area contributed by atoms with Crippen molar-refractivity contribution in [1.29, 1.82) is 0 Å². The first kappa shape index (κ1) is 21.7. The first-order chi connectivity index (χ1) is 13.5. The molecule has 0 heterocycles. The molecule has 2 rings (SSSR count). The molecule has 0 aliphatic rings. The number of hydrogen-bond acceptors (Lipinski definition) is 4. The summed E-state index contributed by atoms with van der Waals surface area (Å²) < 4.78 is 11.0. The van der Waals surface area contributed by atoms with Crippen molar-refractivity contribution in [2.45, 2.75) is 26.4 Å². The van der Waals surface area contributed by atoms with Crippen LogP contribution in [0.3, 0.4) is 0 Å². The first-order valence-electron chi connectivity index (χ1n) is 9.12. The Morgan fingerprint density at radius 2 is 1.86 bits per heavy atom. The molecule has 0 saturated carbocycles. The molecule has 28 heavy (non-hydrogen) atoms. The molecule has 0 aliphatic heterocycles. The Kier molecular flexibility index (Phi) is 8.78. The summed E-state index contributed by atoms with van der Waals surface area (Å²) in [7, 11) is 0. The van der Waals surface area contributed by atoms with Crippen LogP contribution in [0.15, 0.2) is 48.5 Å². The third-order valence-corrected chi connectivity index (χ3v) is 3.91. The lowest BCUT2D eigenvalue weighted by Crippen LogP contribution is -2.30. The number of carbonyl (C=O) groups excluding carboxylic acids is 2. The fourth-order valence-electron chi connectivity index (χ4n) is 2.34. The quantitative estimate of drug-likeness (QED) is 0.589. The fraction of sp³-hybridized carbons (Fsp3) is 0.333. The van der Waals surface area contributed by atoms with Gasteiger partial charge in [-0.2, -0.15) is 0 Å². The molecule has 0 fully saturated rings. The zero-order valence-corrected chi connectivity index (χ0v) is 16.8. The van der Waals surface area contributed by atoms with Gasteiger partial charge < -0.3 is 20.1 Å². The topological polar surface area (TPSA) is 76.7 Å². The highest BCUT2D eigenvalue weighted by molar-refractivity contribution is 6.31. The number of para-hydroxylation sites is 1. The van der Waals surface area contributed by atoms with Crippen LogP contribution >= 0.6 is 11.6 Å². The highest BCUT2D eigenvalue weighted by Crippen LogP contribution is 2.24. The smallest absolute Gasteiger partial charge is 0.259 e. The lowest BCUT2D eigenvalue weighted by Gasteiger charge is -2.13. The number of anilines is 1. The van der Waals surface area contributed by atoms with Gasteiger partial charge in [-0.05, 0) is 50.6 Å². The highest BCUT2D eigenvalue weighted by Gasteiger charge is 2.15. The molecule has 150 valence electrons. The van der Waals surface area contributed by atoms with Crippen molar-refractivity contribution in [3.63, 3.8) is 0 Å². The number of hydrogen-bond donors (Lipinski definition) is 2. The maximum Gasteiger partial charge on any atom is 0.259 e. The molecule has 2 N–H and O–H groups in total. The van der Waals surface area contributed by atoms with Crippen molar-refractivity contribution in [3.05, 3.63) is 59.1 Å². The van der Waals surface area contributed by atoms with E-state index in [-0.39, 0.29) is 35.8 Å². The van der Waals surface area contributed by atoms with Crippen molar-refractivity contribution in [2.24, 2.45) is 0 Å². The number of ether oxygens (including phenoxy) is 2. The Bertz CT molecular complexity index is 781. The van der Waals surface area contributed by atoms with Crippen LogP contribution in [0.25, 0.3) is 0 Å². The molecule has 2 aromatic rings. The maximum atomic E-state index is 12.6. The molecule has 0 saturated heterocycles. The van der Waals surface area contributed by atoms with E-state index in [4.69, 9.17) is 21.1 Å². The fourth-order valence-corrected chi connectivity index (χ4v) is 2.51. The summed E-state index contributed by atoms with van der Waals surface area (Å²) in [6, 6.07) is 13.7. The molecule has 0 aromatic heterocycles.